The van der Waals surface area contributed by atoms with Crippen LogP contribution in [0.3, 0.4) is 0 Å². The number of rotatable bonds is 6. The first-order valence-corrected chi connectivity index (χ1v) is 13.2. The Morgan fingerprint density at radius 1 is 1.16 bits per heavy atom. The number of aliphatic imine (C=N–C) groups is 1. The number of nitrogens with one attached hydrogen (secondary N) is 1. The van der Waals surface area contributed by atoms with Gasteiger partial charge in [-0.25, -0.2) is 4.79 Å². The highest BCUT2D eigenvalue weighted by Gasteiger charge is 2.37. The number of nitrogens with zero attached hydrogens (tertiary/aromatic N) is 3. The lowest BCUT2D eigenvalue weighted by Gasteiger charge is -2.41. The molecule has 1 aromatic rings. The number of ether oxygens (including phenoxy) is 1. The van der Waals surface area contributed by atoms with Crippen LogP contribution in [0.1, 0.15) is 44.2 Å². The zero-order valence-electron chi connectivity index (χ0n) is 19.8. The highest BCUT2D eigenvalue weighted by atomic mass is 32.2. The van der Waals surface area contributed by atoms with E-state index in [1.165, 1.54) is 16.2 Å². The van der Waals surface area contributed by atoms with E-state index in [-0.39, 0.29) is 6.03 Å². The third-order valence-corrected chi connectivity index (χ3v) is 7.99. The maximum atomic E-state index is 13.4. The first-order valence-electron chi connectivity index (χ1n) is 12.2. The lowest BCUT2D eigenvalue weighted by Crippen LogP contribution is -2.53. The summed E-state index contributed by atoms with van der Waals surface area (Å²) >= 11 is 1.90. The van der Waals surface area contributed by atoms with E-state index in [1.807, 2.05) is 16.7 Å². The number of piperidine rings is 1. The summed E-state index contributed by atoms with van der Waals surface area (Å²) < 4.78 is 5.46. The molecular formula is C25H38N4O2S. The zero-order chi connectivity index (χ0) is 22.5. The van der Waals surface area contributed by atoms with Crippen LogP contribution in [-0.4, -0.2) is 84.6 Å². The summed E-state index contributed by atoms with van der Waals surface area (Å²) in [6.45, 7) is 11.7. The van der Waals surface area contributed by atoms with E-state index in [0.717, 1.165) is 38.2 Å². The van der Waals surface area contributed by atoms with E-state index in [0.29, 0.717) is 50.2 Å². The summed E-state index contributed by atoms with van der Waals surface area (Å²) in [5.74, 6) is 1.71. The number of urea groups is 1. The van der Waals surface area contributed by atoms with Gasteiger partial charge in [0.2, 0.25) is 0 Å². The highest BCUT2D eigenvalue weighted by Crippen LogP contribution is 2.36. The van der Waals surface area contributed by atoms with Crippen LogP contribution in [-0.2, 0) is 11.2 Å². The predicted octanol–water partition coefficient (Wildman–Crippen LogP) is 3.62. The molecule has 0 saturated carbocycles. The molecule has 1 aromatic carbocycles. The van der Waals surface area contributed by atoms with Gasteiger partial charge in [0.15, 0.2) is 0 Å². The second-order valence-corrected chi connectivity index (χ2v) is 10.5. The van der Waals surface area contributed by atoms with Gasteiger partial charge in [-0.3, -0.25) is 4.99 Å². The molecule has 2 amide bonds. The van der Waals surface area contributed by atoms with Crippen LogP contribution >= 0.6 is 11.8 Å². The van der Waals surface area contributed by atoms with Crippen LogP contribution in [0.15, 0.2) is 29.3 Å². The van der Waals surface area contributed by atoms with Crippen LogP contribution in [0.2, 0.25) is 0 Å². The van der Waals surface area contributed by atoms with Crippen LogP contribution in [0.5, 0.6) is 0 Å². The lowest BCUT2D eigenvalue weighted by atomic mass is 9.84. The minimum Gasteiger partial charge on any atom is -0.378 e. The van der Waals surface area contributed by atoms with Crippen molar-refractivity contribution in [2.24, 2.45) is 10.9 Å². The number of aryl methyl sites for hydroxylation is 1. The van der Waals surface area contributed by atoms with Crippen molar-refractivity contribution in [1.29, 1.82) is 0 Å². The molecule has 3 aliphatic heterocycles. The summed E-state index contributed by atoms with van der Waals surface area (Å²) in [5.41, 5.74) is 2.70. The molecule has 2 fully saturated rings. The molecule has 4 rings (SSSR count). The summed E-state index contributed by atoms with van der Waals surface area (Å²) in [6.07, 6.45) is 2.11. The Kier molecular flexibility index (Phi) is 8.13. The summed E-state index contributed by atoms with van der Waals surface area (Å²) in [4.78, 5) is 22.5. The van der Waals surface area contributed by atoms with Crippen molar-refractivity contribution in [2.75, 3.05) is 51.7 Å². The second kappa shape index (κ2) is 11.0. The number of morpholine rings is 1. The van der Waals surface area contributed by atoms with E-state index < -0.39 is 0 Å². The van der Waals surface area contributed by atoms with Crippen molar-refractivity contribution >= 4 is 22.8 Å². The number of carbonyl (C=O) groups excluding carboxylic acids is 1. The second-order valence-electron chi connectivity index (χ2n) is 9.51. The average molecular weight is 459 g/mol. The number of likely N-dealkylation sites (tertiary alicyclic amines) is 1. The Hall–Kier alpha value is -1.57. The molecule has 0 bridgehead atoms. The number of hydrogen-bond donors (Lipinski definition) is 1. The van der Waals surface area contributed by atoms with E-state index in [1.54, 1.807) is 0 Å². The predicted molar refractivity (Wildman–Crippen MR) is 133 cm³/mol. The fraction of sp³-hybridized carbons (Fsp3) is 0.680. The van der Waals surface area contributed by atoms with E-state index >= 15 is 0 Å². The molecule has 7 heteroatoms. The summed E-state index contributed by atoms with van der Waals surface area (Å²) in [7, 11) is 0. The normalized spacial score (nSPS) is 26.5. The average Bonchev–Trinajstić information content (AvgIpc) is 3.32. The number of amides is 2. The number of carbonyl (C=O) groups is 1. The smallest absolute Gasteiger partial charge is 0.320 e. The molecule has 1 N–H and O–H groups in total. The van der Waals surface area contributed by atoms with Gasteiger partial charge >= 0.3 is 6.03 Å². The molecule has 0 spiro atoms. The van der Waals surface area contributed by atoms with Crippen LogP contribution in [0.25, 0.3) is 0 Å². The molecule has 176 valence electrons. The summed E-state index contributed by atoms with van der Waals surface area (Å²) in [5, 5.41) is 4.77. The molecule has 6 nitrogen and oxygen atoms in total. The van der Waals surface area contributed by atoms with Gasteiger partial charge in [-0.15, -0.1) is 11.8 Å². The minimum atomic E-state index is 0.162. The topological polar surface area (TPSA) is 57.2 Å². The maximum Gasteiger partial charge on any atom is 0.320 e. The van der Waals surface area contributed by atoms with Gasteiger partial charge in [0.05, 0.1) is 24.3 Å². The fourth-order valence-electron chi connectivity index (χ4n) is 4.79. The molecule has 32 heavy (non-hydrogen) atoms. The van der Waals surface area contributed by atoms with Gasteiger partial charge in [0.1, 0.15) is 0 Å². The standard InChI is InChI=1S/C25H38N4O2S/c1-4-19-5-7-20(8-6-19)21-13-22(24-27-23(17-32-24)14-26-18(2)3)16-29(15-21)25(30)28-9-11-31-12-10-28/h5-8,18,21-23,26H,4,9-17H2,1-3H3. The molecule has 0 aliphatic carbocycles. The lowest BCUT2D eigenvalue weighted by molar-refractivity contribution is 0.0396. The van der Waals surface area contributed by atoms with Crippen LogP contribution in [0.4, 0.5) is 4.79 Å². The maximum absolute atomic E-state index is 13.4. The van der Waals surface area contributed by atoms with Gasteiger partial charge in [-0.2, -0.15) is 0 Å². The van der Waals surface area contributed by atoms with Crippen molar-refractivity contribution < 1.29 is 9.53 Å². The van der Waals surface area contributed by atoms with E-state index in [4.69, 9.17) is 9.73 Å². The largest absolute Gasteiger partial charge is 0.378 e. The fourth-order valence-corrected chi connectivity index (χ4v) is 5.98. The molecule has 3 atom stereocenters. The Bertz CT molecular complexity index is 792. The van der Waals surface area contributed by atoms with Gasteiger partial charge in [0, 0.05) is 56.4 Å². The SMILES string of the molecule is CCc1ccc(C2CC(C3=NC(CNC(C)C)CS3)CN(C(=O)N3CCOCC3)C2)cc1. The molecule has 3 unspecified atom stereocenters. The van der Waals surface area contributed by atoms with Crippen molar-refractivity contribution in [3.63, 3.8) is 0 Å². The molecule has 3 aliphatic rings. The van der Waals surface area contributed by atoms with Crippen molar-refractivity contribution in [2.45, 2.75) is 51.6 Å². The van der Waals surface area contributed by atoms with Crippen molar-refractivity contribution in [1.82, 2.24) is 15.1 Å². The Balaban J connectivity index is 1.51. The number of benzene rings is 1. The first-order chi connectivity index (χ1) is 15.5. The quantitative estimate of drug-likeness (QED) is 0.707. The molecule has 3 heterocycles. The van der Waals surface area contributed by atoms with E-state index in [9.17, 15) is 4.79 Å². The minimum absolute atomic E-state index is 0.162. The Morgan fingerprint density at radius 3 is 2.56 bits per heavy atom. The van der Waals surface area contributed by atoms with Gasteiger partial charge in [0.25, 0.3) is 0 Å². The monoisotopic (exact) mass is 458 g/mol. The highest BCUT2D eigenvalue weighted by molar-refractivity contribution is 8.14. The third-order valence-electron chi connectivity index (χ3n) is 6.71. The molecular weight excluding hydrogens is 420 g/mol. The van der Waals surface area contributed by atoms with Crippen molar-refractivity contribution in [3.05, 3.63) is 35.4 Å². The number of hydrogen-bond acceptors (Lipinski definition) is 5. The number of thioether (sulfide) groups is 1. The van der Waals surface area contributed by atoms with Gasteiger partial charge < -0.3 is 19.9 Å². The summed E-state index contributed by atoms with van der Waals surface area (Å²) in [6, 6.07) is 9.99. The van der Waals surface area contributed by atoms with E-state index in [2.05, 4.69) is 55.3 Å². The Morgan fingerprint density at radius 2 is 1.88 bits per heavy atom. The van der Waals surface area contributed by atoms with Gasteiger partial charge in [-0.05, 0) is 24.0 Å². The molecule has 0 aromatic heterocycles. The van der Waals surface area contributed by atoms with Gasteiger partial charge in [-0.1, -0.05) is 45.0 Å². The first kappa shape index (κ1) is 23.6. The Labute approximate surface area is 197 Å². The van der Waals surface area contributed by atoms with Crippen LogP contribution < -0.4 is 5.32 Å². The van der Waals surface area contributed by atoms with Crippen LogP contribution in [0, 0.1) is 5.92 Å². The zero-order valence-corrected chi connectivity index (χ0v) is 20.6. The molecule has 0 radical (unpaired) electrons. The third kappa shape index (κ3) is 5.86. The van der Waals surface area contributed by atoms with Crippen molar-refractivity contribution in [3.8, 4) is 0 Å². The molecule has 2 saturated heterocycles.